The maximum atomic E-state index is 13.3. The van der Waals surface area contributed by atoms with Crippen molar-refractivity contribution in [1.29, 1.82) is 5.26 Å². The normalized spacial score (nSPS) is 11.0. The monoisotopic (exact) mass is 414 g/mol. The number of pyridine rings is 1. The van der Waals surface area contributed by atoms with E-state index in [-0.39, 0.29) is 10.6 Å². The number of nitrogens with one attached hydrogen (secondary N) is 1. The molecule has 0 aliphatic rings. The van der Waals surface area contributed by atoms with Crippen LogP contribution in [-0.4, -0.2) is 20.4 Å². The molecule has 0 atom stereocenters. The summed E-state index contributed by atoms with van der Waals surface area (Å²) in [4.78, 5) is 5.88. The second-order valence-corrected chi connectivity index (χ2v) is 7.93. The third-order valence-electron chi connectivity index (χ3n) is 4.10. The first-order valence-electron chi connectivity index (χ1n) is 8.42. The largest absolute Gasteiger partial charge is 0.355 e. The van der Waals surface area contributed by atoms with E-state index in [1.807, 2.05) is 17.0 Å². The fourth-order valence-corrected chi connectivity index (χ4v) is 3.56. The van der Waals surface area contributed by atoms with Gasteiger partial charge in [-0.1, -0.05) is 12.1 Å². The predicted molar refractivity (Wildman–Crippen MR) is 105 cm³/mol. The van der Waals surface area contributed by atoms with Gasteiger partial charge >= 0.3 is 0 Å². The van der Waals surface area contributed by atoms with Gasteiger partial charge in [-0.3, -0.25) is 4.72 Å². The van der Waals surface area contributed by atoms with Crippen molar-refractivity contribution in [3.05, 3.63) is 83.6 Å². The number of rotatable bonds is 6. The summed E-state index contributed by atoms with van der Waals surface area (Å²) in [6.45, 7) is 0.512. The van der Waals surface area contributed by atoms with Crippen molar-refractivity contribution in [2.45, 2.75) is 11.4 Å². The van der Waals surface area contributed by atoms with Crippen LogP contribution < -0.4 is 9.62 Å². The lowest BCUT2D eigenvalue weighted by molar-refractivity contribution is 0.509. The minimum absolute atomic E-state index is 0.0917. The van der Waals surface area contributed by atoms with E-state index >= 15 is 0 Å². The zero-order valence-corrected chi connectivity index (χ0v) is 16.1. The highest BCUT2D eigenvalue weighted by molar-refractivity contribution is 7.92. The van der Waals surface area contributed by atoms with E-state index in [1.165, 1.54) is 12.3 Å². The number of hydrogen-bond donors (Lipinski definition) is 1. The Morgan fingerprint density at radius 3 is 2.38 bits per heavy atom. The Morgan fingerprint density at radius 2 is 1.79 bits per heavy atom. The quantitative estimate of drug-likeness (QED) is 0.665. The molecule has 0 spiro atoms. The maximum Gasteiger partial charge on any atom is 0.263 e. The van der Waals surface area contributed by atoms with E-state index in [1.54, 1.807) is 25.2 Å². The average molecular weight is 414 g/mol. The number of halogens is 2. The standard InChI is InChI=1S/C20H16F2N4O2S/c1-26(13-15-4-2-14(11-23)3-5-15)20-9-7-17(12-24-20)29(27,28)25-16-6-8-18(21)19(22)10-16/h2-10,12,25H,13H2,1H3. The fourth-order valence-electron chi connectivity index (χ4n) is 2.57. The third-order valence-corrected chi connectivity index (χ3v) is 5.46. The Balaban J connectivity index is 1.72. The molecular formula is C20H16F2N4O2S. The summed E-state index contributed by atoms with van der Waals surface area (Å²) in [5.74, 6) is -1.67. The SMILES string of the molecule is CN(Cc1ccc(C#N)cc1)c1ccc(S(=O)(=O)Nc2ccc(F)c(F)c2)cn1. The molecule has 1 N–H and O–H groups in total. The highest BCUT2D eigenvalue weighted by Gasteiger charge is 2.16. The van der Waals surface area contributed by atoms with E-state index in [9.17, 15) is 17.2 Å². The highest BCUT2D eigenvalue weighted by atomic mass is 32.2. The first kappa shape index (κ1) is 20.2. The van der Waals surface area contributed by atoms with Crippen molar-refractivity contribution >= 4 is 21.5 Å². The topological polar surface area (TPSA) is 86.1 Å². The molecule has 0 amide bonds. The molecule has 0 fully saturated rings. The molecule has 3 rings (SSSR count). The molecule has 0 saturated heterocycles. The molecule has 148 valence electrons. The number of nitrogens with zero attached hydrogens (tertiary/aromatic N) is 3. The van der Waals surface area contributed by atoms with Gasteiger partial charge in [0.15, 0.2) is 11.6 Å². The Morgan fingerprint density at radius 1 is 1.07 bits per heavy atom. The third kappa shape index (κ3) is 4.86. The van der Waals surface area contributed by atoms with Crippen molar-refractivity contribution in [2.75, 3.05) is 16.7 Å². The van der Waals surface area contributed by atoms with Gasteiger partial charge in [0, 0.05) is 25.9 Å². The second-order valence-electron chi connectivity index (χ2n) is 6.25. The van der Waals surface area contributed by atoms with E-state index in [0.29, 0.717) is 17.9 Å². The van der Waals surface area contributed by atoms with Crippen molar-refractivity contribution in [3.63, 3.8) is 0 Å². The zero-order valence-electron chi connectivity index (χ0n) is 15.3. The lowest BCUT2D eigenvalue weighted by Crippen LogP contribution is -2.18. The first-order valence-corrected chi connectivity index (χ1v) is 9.91. The molecule has 1 heterocycles. The van der Waals surface area contributed by atoms with Gasteiger partial charge in [-0.2, -0.15) is 5.26 Å². The van der Waals surface area contributed by atoms with E-state index in [4.69, 9.17) is 5.26 Å². The molecule has 1 aromatic heterocycles. The van der Waals surface area contributed by atoms with E-state index < -0.39 is 21.7 Å². The number of hydrogen-bond acceptors (Lipinski definition) is 5. The summed E-state index contributed by atoms with van der Waals surface area (Å²) in [5.41, 5.74) is 1.44. The van der Waals surface area contributed by atoms with Crippen LogP contribution in [0.5, 0.6) is 0 Å². The second kappa shape index (κ2) is 8.24. The smallest absolute Gasteiger partial charge is 0.263 e. The minimum Gasteiger partial charge on any atom is -0.355 e. The molecule has 0 bridgehead atoms. The van der Waals surface area contributed by atoms with Crippen LogP contribution in [0, 0.1) is 23.0 Å². The number of nitriles is 1. The van der Waals surface area contributed by atoms with Crippen LogP contribution in [0.25, 0.3) is 0 Å². The van der Waals surface area contributed by atoms with Gasteiger partial charge in [-0.25, -0.2) is 22.2 Å². The van der Waals surface area contributed by atoms with Gasteiger partial charge in [0.25, 0.3) is 10.0 Å². The molecule has 9 heteroatoms. The van der Waals surface area contributed by atoms with Crippen molar-refractivity contribution < 1.29 is 17.2 Å². The summed E-state index contributed by atoms with van der Waals surface area (Å²) in [6, 6.07) is 14.8. The van der Waals surface area contributed by atoms with Crippen molar-refractivity contribution in [1.82, 2.24) is 4.98 Å². The maximum absolute atomic E-state index is 13.3. The predicted octanol–water partition coefficient (Wildman–Crippen LogP) is 3.67. The molecule has 3 aromatic rings. The Labute approximate surface area is 167 Å². The molecule has 2 aromatic carbocycles. The van der Waals surface area contributed by atoms with E-state index in [0.717, 1.165) is 23.8 Å². The van der Waals surface area contributed by atoms with Crippen LogP contribution in [-0.2, 0) is 16.6 Å². The fraction of sp³-hybridized carbons (Fsp3) is 0.100. The first-order chi connectivity index (χ1) is 13.8. The summed E-state index contributed by atoms with van der Waals surface area (Å²) in [7, 11) is -2.20. The van der Waals surface area contributed by atoms with Gasteiger partial charge in [-0.05, 0) is 42.0 Å². The number of sulfonamides is 1. The Hall–Kier alpha value is -3.51. The van der Waals surface area contributed by atoms with Crippen LogP contribution in [0.2, 0.25) is 0 Å². The van der Waals surface area contributed by atoms with E-state index in [2.05, 4.69) is 15.8 Å². The molecule has 29 heavy (non-hydrogen) atoms. The molecule has 0 aliphatic heterocycles. The number of anilines is 2. The lowest BCUT2D eigenvalue weighted by atomic mass is 10.1. The molecular weight excluding hydrogens is 398 g/mol. The summed E-state index contributed by atoms with van der Waals surface area (Å²) in [5, 5.41) is 8.84. The van der Waals surface area contributed by atoms with Gasteiger partial charge in [0.1, 0.15) is 10.7 Å². The van der Waals surface area contributed by atoms with Gasteiger partial charge < -0.3 is 4.90 Å². The van der Waals surface area contributed by atoms with Crippen molar-refractivity contribution in [2.24, 2.45) is 0 Å². The average Bonchev–Trinajstić information content (AvgIpc) is 2.71. The number of benzene rings is 2. The van der Waals surface area contributed by atoms with Crippen LogP contribution in [0.4, 0.5) is 20.3 Å². The Bertz CT molecular complexity index is 1160. The highest BCUT2D eigenvalue weighted by Crippen LogP contribution is 2.20. The zero-order chi connectivity index (χ0) is 21.0. The lowest BCUT2D eigenvalue weighted by Gasteiger charge is -2.18. The summed E-state index contributed by atoms with van der Waals surface area (Å²) < 4.78 is 53.3. The van der Waals surface area contributed by atoms with Crippen molar-refractivity contribution in [3.8, 4) is 6.07 Å². The molecule has 0 radical (unpaired) electrons. The molecule has 0 unspecified atom stereocenters. The Kier molecular flexibility index (Phi) is 5.75. The van der Waals surface area contributed by atoms with Crippen LogP contribution in [0.3, 0.4) is 0 Å². The molecule has 0 aliphatic carbocycles. The summed E-state index contributed by atoms with van der Waals surface area (Å²) >= 11 is 0. The van der Waals surface area contributed by atoms with Crippen LogP contribution in [0.15, 0.2) is 65.7 Å². The van der Waals surface area contributed by atoms with Gasteiger partial charge in [-0.15, -0.1) is 0 Å². The number of aromatic nitrogens is 1. The molecule has 0 saturated carbocycles. The summed E-state index contributed by atoms with van der Waals surface area (Å²) in [6.07, 6.45) is 1.19. The van der Waals surface area contributed by atoms with Crippen LogP contribution >= 0.6 is 0 Å². The van der Waals surface area contributed by atoms with Gasteiger partial charge in [0.2, 0.25) is 0 Å². The minimum atomic E-state index is -4.00. The van der Waals surface area contributed by atoms with Gasteiger partial charge in [0.05, 0.1) is 17.3 Å². The molecule has 6 nitrogen and oxygen atoms in total. The van der Waals surface area contributed by atoms with Crippen LogP contribution in [0.1, 0.15) is 11.1 Å².